The van der Waals surface area contributed by atoms with Gasteiger partial charge in [-0.3, -0.25) is 14.5 Å². The number of ketones is 1. The van der Waals surface area contributed by atoms with Gasteiger partial charge in [0.1, 0.15) is 23.2 Å². The number of H-pyrrole nitrogens is 1. The van der Waals surface area contributed by atoms with Gasteiger partial charge in [-0.2, -0.15) is 0 Å². The Balaban J connectivity index is 1.80. The number of aryl methyl sites for hydroxylation is 1. The number of aromatic nitrogens is 5. The molecule has 11 heteroatoms. The molecule has 30 heavy (non-hydrogen) atoms. The molecule has 4 rings (SSSR count). The third-order valence-electron chi connectivity index (χ3n) is 4.26. The number of nitrogens with one attached hydrogen (secondary N) is 2. The highest BCUT2D eigenvalue weighted by Gasteiger charge is 2.24. The van der Waals surface area contributed by atoms with Crippen molar-refractivity contribution in [1.82, 2.24) is 24.9 Å². The van der Waals surface area contributed by atoms with Crippen LogP contribution in [-0.2, 0) is 10.0 Å². The molecule has 0 aliphatic carbocycles. The van der Waals surface area contributed by atoms with Crippen LogP contribution in [-0.4, -0.2) is 39.1 Å². The minimum Gasteiger partial charge on any atom is -0.341 e. The van der Waals surface area contributed by atoms with Crippen LogP contribution in [0.1, 0.15) is 28.7 Å². The molecule has 0 aliphatic rings. The number of anilines is 1. The molecular formula is C19H15ClN6O3S. The van der Waals surface area contributed by atoms with Crippen LogP contribution in [0.15, 0.2) is 48.0 Å². The molecule has 152 valence electrons. The molecule has 0 radical (unpaired) electrons. The fourth-order valence-corrected chi connectivity index (χ4v) is 3.99. The second kappa shape index (κ2) is 7.47. The molecule has 4 aromatic rings. The molecule has 0 spiro atoms. The first kappa shape index (κ1) is 18.6. The smallest absolute Gasteiger partial charge is 0.261 e. The normalized spacial score (nSPS) is 12.0. The monoisotopic (exact) mass is 443 g/mol. The zero-order valence-corrected chi connectivity index (χ0v) is 17.3. The maximum atomic E-state index is 13.2. The lowest BCUT2D eigenvalue weighted by atomic mass is 10.1. The van der Waals surface area contributed by atoms with E-state index in [0.29, 0.717) is 22.3 Å². The predicted molar refractivity (Wildman–Crippen MR) is 111 cm³/mol. The van der Waals surface area contributed by atoms with E-state index in [2.05, 4.69) is 29.6 Å². The Labute approximate surface area is 178 Å². The highest BCUT2D eigenvalue weighted by molar-refractivity contribution is 7.92. The van der Waals surface area contributed by atoms with Gasteiger partial charge in [-0.1, -0.05) is 11.6 Å². The third-order valence-corrected chi connectivity index (χ3v) is 5.98. The highest BCUT2D eigenvalue weighted by atomic mass is 35.5. The number of benzene rings is 1. The number of nitrogens with zero attached hydrogens (tertiary/aromatic N) is 4. The van der Waals surface area contributed by atoms with Crippen molar-refractivity contribution < 1.29 is 14.6 Å². The molecule has 3 heterocycles. The van der Waals surface area contributed by atoms with Crippen molar-refractivity contribution in [2.75, 3.05) is 4.72 Å². The summed E-state index contributed by atoms with van der Waals surface area (Å²) in [5.41, 5.74) is 1.37. The Morgan fingerprint density at radius 3 is 2.77 bits per heavy atom. The van der Waals surface area contributed by atoms with Crippen molar-refractivity contribution >= 4 is 44.3 Å². The van der Waals surface area contributed by atoms with E-state index in [0.717, 1.165) is 0 Å². The molecule has 0 saturated heterocycles. The van der Waals surface area contributed by atoms with Gasteiger partial charge in [0.25, 0.3) is 10.0 Å². The summed E-state index contributed by atoms with van der Waals surface area (Å²) in [6.45, 7) is 3.26. The van der Waals surface area contributed by atoms with Crippen molar-refractivity contribution in [2.45, 2.75) is 18.7 Å². The van der Waals surface area contributed by atoms with Gasteiger partial charge < -0.3 is 4.98 Å². The average molecular weight is 444 g/mol. The van der Waals surface area contributed by atoms with E-state index in [1.165, 1.54) is 37.1 Å². The lowest BCUT2D eigenvalue weighted by molar-refractivity contribution is 0.103. The van der Waals surface area contributed by atoms with Gasteiger partial charge in [-0.05, 0) is 49.2 Å². The van der Waals surface area contributed by atoms with Gasteiger partial charge in [0, 0.05) is 11.2 Å². The summed E-state index contributed by atoms with van der Waals surface area (Å²) in [6.07, 6.45) is 4.01. The Bertz CT molecular complexity index is 1450. The molecule has 2 N–H and O–H groups in total. The number of hydrogen-bond donors (Lipinski definition) is 2. The molecule has 1 aromatic carbocycles. The van der Waals surface area contributed by atoms with Gasteiger partial charge >= 0.3 is 0 Å². The largest absolute Gasteiger partial charge is 0.341 e. The molecule has 0 atom stereocenters. The average Bonchev–Trinajstić information content (AvgIpc) is 3.20. The molecule has 3 aromatic heterocycles. The summed E-state index contributed by atoms with van der Waals surface area (Å²) in [5.74, 6) is -0.618. The lowest BCUT2D eigenvalue weighted by Gasteiger charge is -2.13. The number of pyridine rings is 1. The van der Waals surface area contributed by atoms with E-state index in [1.54, 1.807) is 13.8 Å². The molecule has 0 amide bonds. The quantitative estimate of drug-likeness (QED) is 0.453. The fraction of sp³-hybridized carbons (Fsp3) is 0.105. The first-order valence-corrected chi connectivity index (χ1v) is 10.5. The summed E-state index contributed by atoms with van der Waals surface area (Å²) in [5, 5.41) is 0.282. The number of fused-ring (bicyclic) bond motifs is 1. The first-order valence-electron chi connectivity index (χ1n) is 9.13. The van der Waals surface area contributed by atoms with Crippen LogP contribution in [0.4, 0.5) is 5.69 Å². The number of carbonyl (C=O) groups is 1. The minimum absolute atomic E-state index is 0.00261. The fourth-order valence-electron chi connectivity index (χ4n) is 2.79. The second-order valence-corrected chi connectivity index (χ2v) is 8.52. The van der Waals surface area contributed by atoms with Crippen LogP contribution < -0.4 is 4.72 Å². The Morgan fingerprint density at radius 2 is 1.97 bits per heavy atom. The van der Waals surface area contributed by atoms with Crippen LogP contribution >= 0.6 is 11.6 Å². The minimum atomic E-state index is -4.21. The van der Waals surface area contributed by atoms with E-state index < -0.39 is 15.8 Å². The van der Waals surface area contributed by atoms with Gasteiger partial charge in [0.05, 0.1) is 18.3 Å². The van der Waals surface area contributed by atoms with E-state index in [4.69, 9.17) is 13.0 Å². The Kier molecular flexibility index (Phi) is 4.64. The molecular weight excluding hydrogens is 428 g/mol. The molecule has 0 aliphatic heterocycles. The molecule has 0 fully saturated rings. The number of sulfonamides is 1. The number of imidazole rings is 1. The van der Waals surface area contributed by atoms with Crippen LogP contribution in [0.25, 0.3) is 11.2 Å². The van der Waals surface area contributed by atoms with Crippen LogP contribution in [0, 0.1) is 13.8 Å². The van der Waals surface area contributed by atoms with Gasteiger partial charge in [0.15, 0.2) is 5.65 Å². The van der Waals surface area contributed by atoms with Gasteiger partial charge in [0.2, 0.25) is 5.78 Å². The predicted octanol–water partition coefficient (Wildman–Crippen LogP) is 3.05. The number of carbonyl (C=O) groups excluding carboxylic acids is 1. The Morgan fingerprint density at radius 1 is 1.17 bits per heavy atom. The van der Waals surface area contributed by atoms with Crippen molar-refractivity contribution in [2.24, 2.45) is 0 Å². The van der Waals surface area contributed by atoms with Gasteiger partial charge in [-0.15, -0.1) is 0 Å². The second-order valence-electron chi connectivity index (χ2n) is 6.46. The maximum absolute atomic E-state index is 13.2. The summed E-state index contributed by atoms with van der Waals surface area (Å²) in [6, 6.07) is 3.89. The van der Waals surface area contributed by atoms with Crippen LogP contribution in [0.2, 0.25) is 5.02 Å². The maximum Gasteiger partial charge on any atom is 0.261 e. The van der Waals surface area contributed by atoms with Crippen LogP contribution in [0.3, 0.4) is 0 Å². The van der Waals surface area contributed by atoms with Crippen molar-refractivity contribution in [1.29, 1.82) is 0 Å². The number of halogens is 1. The van der Waals surface area contributed by atoms with Crippen LogP contribution in [0.5, 0.6) is 0 Å². The third kappa shape index (κ3) is 3.62. The summed E-state index contributed by atoms with van der Waals surface area (Å²) in [4.78, 5) is 31.8. The van der Waals surface area contributed by atoms with Crippen molar-refractivity contribution in [3.8, 4) is 0 Å². The summed E-state index contributed by atoms with van der Waals surface area (Å²) >= 11 is 5.98. The van der Waals surface area contributed by atoms with E-state index in [1.807, 2.05) is 0 Å². The zero-order valence-electron chi connectivity index (χ0n) is 16.8. The number of rotatable bonds is 5. The summed E-state index contributed by atoms with van der Waals surface area (Å²) in [7, 11) is -4.21. The standard InChI is InChI=1S/C19H15ClN6O3S/c1-10-5-14(26-30(28,29)12-3-4-13(20)11(2)6-12)15(21-7-10)18(27)16-17-19(24-8-22-16)25-9-23-17/h3-9,26H,1-2H3,(H,22,23,24,25)/i6D. The zero-order chi connectivity index (χ0) is 22.3. The highest BCUT2D eigenvalue weighted by Crippen LogP contribution is 2.25. The van der Waals surface area contributed by atoms with Gasteiger partial charge in [-0.25, -0.2) is 23.4 Å². The number of hydrogen-bond acceptors (Lipinski definition) is 7. The lowest BCUT2D eigenvalue weighted by Crippen LogP contribution is -2.18. The molecule has 0 saturated carbocycles. The van der Waals surface area contributed by atoms with E-state index in [9.17, 15) is 13.2 Å². The van der Waals surface area contributed by atoms with Crippen molar-refractivity contribution in [3.63, 3.8) is 0 Å². The van der Waals surface area contributed by atoms with E-state index in [-0.39, 0.29) is 33.0 Å². The number of aromatic amines is 1. The molecule has 0 unspecified atom stereocenters. The topological polar surface area (TPSA) is 131 Å². The molecule has 9 nitrogen and oxygen atoms in total. The molecule has 0 bridgehead atoms. The SMILES string of the molecule is [2H]c1c(S(=O)(=O)Nc2cc(C)cnc2C(=O)c2ncnc3nc[nH]c23)ccc(Cl)c1C. The first-order chi connectivity index (χ1) is 14.7. The summed E-state index contributed by atoms with van der Waals surface area (Å²) < 4.78 is 36.6. The van der Waals surface area contributed by atoms with E-state index >= 15 is 0 Å². The van der Waals surface area contributed by atoms with Crippen molar-refractivity contribution in [3.05, 3.63) is 70.6 Å². The Hall–Kier alpha value is -3.37.